The summed E-state index contributed by atoms with van der Waals surface area (Å²) >= 11 is 1.57. The molecule has 0 radical (unpaired) electrons. The molecule has 5 heteroatoms. The number of carbonyl (C=O) groups excluding carboxylic acids is 1. The van der Waals surface area contributed by atoms with Gasteiger partial charge in [-0.1, -0.05) is 6.92 Å². The van der Waals surface area contributed by atoms with Crippen LogP contribution in [-0.4, -0.2) is 28.4 Å². The van der Waals surface area contributed by atoms with E-state index in [2.05, 4.69) is 29.0 Å². The predicted octanol–water partition coefficient (Wildman–Crippen LogP) is 2.33. The van der Waals surface area contributed by atoms with Crippen LogP contribution in [0.25, 0.3) is 0 Å². The first-order valence-corrected chi connectivity index (χ1v) is 6.82. The van der Waals surface area contributed by atoms with Crippen LogP contribution >= 0.6 is 11.3 Å². The second-order valence-electron chi connectivity index (χ2n) is 4.93. The van der Waals surface area contributed by atoms with Crippen molar-refractivity contribution in [3.8, 4) is 0 Å². The maximum absolute atomic E-state index is 10.9. The van der Waals surface area contributed by atoms with E-state index in [9.17, 15) is 4.79 Å². The first-order chi connectivity index (χ1) is 8.04. The molecule has 0 bridgehead atoms. The molecule has 1 amide bonds. The number of amides is 1. The fourth-order valence-electron chi connectivity index (χ4n) is 2.40. The summed E-state index contributed by atoms with van der Waals surface area (Å²) in [6, 6.07) is 0.649. The number of anilines is 1. The summed E-state index contributed by atoms with van der Waals surface area (Å²) in [4.78, 5) is 18.8. The summed E-state index contributed by atoms with van der Waals surface area (Å²) in [7, 11) is 0. The molecule has 1 aliphatic heterocycles. The van der Waals surface area contributed by atoms with E-state index in [0.717, 1.165) is 19.0 Å². The molecule has 0 unspecified atom stereocenters. The molecule has 1 aromatic heterocycles. The Labute approximate surface area is 106 Å². The Hall–Kier alpha value is -0.940. The standard InChI is InChI=1S/C12H19N3OS/c1-8-4-9(2)15(6-8)7-11-5-13-12(17-11)14-10(3)16/h5,8-9H,4,6-7H2,1-3H3,(H,13,14,16)/t8-,9+/m1/s1. The molecule has 2 atom stereocenters. The zero-order valence-electron chi connectivity index (χ0n) is 10.6. The van der Waals surface area contributed by atoms with Gasteiger partial charge in [-0.05, 0) is 19.3 Å². The molecule has 4 nitrogen and oxygen atoms in total. The van der Waals surface area contributed by atoms with E-state index in [1.54, 1.807) is 11.3 Å². The van der Waals surface area contributed by atoms with Crippen molar-refractivity contribution in [1.82, 2.24) is 9.88 Å². The maximum atomic E-state index is 10.9. The average Bonchev–Trinajstić information content (AvgIpc) is 2.74. The normalized spacial score (nSPS) is 25.1. The van der Waals surface area contributed by atoms with Crippen molar-refractivity contribution in [2.45, 2.75) is 39.8 Å². The van der Waals surface area contributed by atoms with Crippen LogP contribution in [0.1, 0.15) is 32.1 Å². The molecule has 1 aliphatic rings. The van der Waals surface area contributed by atoms with Crippen molar-refractivity contribution in [2.75, 3.05) is 11.9 Å². The Morgan fingerprint density at radius 2 is 2.41 bits per heavy atom. The molecule has 1 aromatic rings. The summed E-state index contributed by atoms with van der Waals surface area (Å²) < 4.78 is 0. The van der Waals surface area contributed by atoms with E-state index in [4.69, 9.17) is 0 Å². The molecule has 0 saturated carbocycles. The van der Waals surface area contributed by atoms with Gasteiger partial charge in [0.2, 0.25) is 5.91 Å². The SMILES string of the molecule is CC(=O)Nc1ncc(CN2C[C@H](C)C[C@@H]2C)s1. The van der Waals surface area contributed by atoms with E-state index < -0.39 is 0 Å². The molecule has 94 valence electrons. The Morgan fingerprint density at radius 1 is 1.65 bits per heavy atom. The van der Waals surface area contributed by atoms with E-state index in [0.29, 0.717) is 11.2 Å². The number of nitrogens with zero attached hydrogens (tertiary/aromatic N) is 2. The Bertz CT molecular complexity index is 404. The number of thiazole rings is 1. The van der Waals surface area contributed by atoms with Crippen LogP contribution < -0.4 is 5.32 Å². The fourth-order valence-corrected chi connectivity index (χ4v) is 3.28. The molecule has 2 heterocycles. The van der Waals surface area contributed by atoms with Crippen LogP contribution in [0.5, 0.6) is 0 Å². The third-order valence-electron chi connectivity index (χ3n) is 3.11. The number of rotatable bonds is 3. The lowest BCUT2D eigenvalue weighted by Crippen LogP contribution is -2.26. The van der Waals surface area contributed by atoms with Crippen molar-refractivity contribution in [2.24, 2.45) is 5.92 Å². The van der Waals surface area contributed by atoms with Gasteiger partial charge >= 0.3 is 0 Å². The van der Waals surface area contributed by atoms with E-state index in [1.807, 2.05) is 6.20 Å². The molecular formula is C12H19N3OS. The van der Waals surface area contributed by atoms with Gasteiger partial charge in [-0.15, -0.1) is 11.3 Å². The summed E-state index contributed by atoms with van der Waals surface area (Å²) in [5.41, 5.74) is 0. The molecule has 1 saturated heterocycles. The lowest BCUT2D eigenvalue weighted by molar-refractivity contribution is -0.114. The van der Waals surface area contributed by atoms with Crippen molar-refractivity contribution in [3.05, 3.63) is 11.1 Å². The predicted molar refractivity (Wildman–Crippen MR) is 70.1 cm³/mol. The minimum atomic E-state index is -0.0611. The lowest BCUT2D eigenvalue weighted by atomic mass is 10.1. The number of aromatic nitrogens is 1. The van der Waals surface area contributed by atoms with Crippen molar-refractivity contribution >= 4 is 22.4 Å². The summed E-state index contributed by atoms with van der Waals surface area (Å²) in [5, 5.41) is 3.42. The second kappa shape index (κ2) is 5.14. The topological polar surface area (TPSA) is 45.2 Å². The molecule has 0 spiro atoms. The number of carbonyl (C=O) groups is 1. The quantitative estimate of drug-likeness (QED) is 0.899. The van der Waals surface area contributed by atoms with Gasteiger partial charge < -0.3 is 5.32 Å². The van der Waals surface area contributed by atoms with Crippen molar-refractivity contribution in [3.63, 3.8) is 0 Å². The highest BCUT2D eigenvalue weighted by molar-refractivity contribution is 7.15. The monoisotopic (exact) mass is 253 g/mol. The highest BCUT2D eigenvalue weighted by Crippen LogP contribution is 2.27. The summed E-state index contributed by atoms with van der Waals surface area (Å²) in [6.45, 7) is 8.19. The number of likely N-dealkylation sites (tertiary alicyclic amines) is 1. The van der Waals surface area contributed by atoms with Gasteiger partial charge in [-0.2, -0.15) is 0 Å². The minimum Gasteiger partial charge on any atom is -0.302 e. The smallest absolute Gasteiger partial charge is 0.223 e. The number of nitrogens with one attached hydrogen (secondary N) is 1. The van der Waals surface area contributed by atoms with Crippen LogP contribution in [0, 0.1) is 5.92 Å². The highest BCUT2D eigenvalue weighted by atomic mass is 32.1. The molecule has 1 fully saturated rings. The molecule has 0 aliphatic carbocycles. The van der Waals surface area contributed by atoms with Crippen LogP contribution in [0.4, 0.5) is 5.13 Å². The largest absolute Gasteiger partial charge is 0.302 e. The van der Waals surface area contributed by atoms with Gasteiger partial charge in [0.25, 0.3) is 0 Å². The third kappa shape index (κ3) is 3.26. The highest BCUT2D eigenvalue weighted by Gasteiger charge is 2.26. The first-order valence-electron chi connectivity index (χ1n) is 6.01. The van der Waals surface area contributed by atoms with Crippen LogP contribution in [0.2, 0.25) is 0 Å². The van der Waals surface area contributed by atoms with Crippen LogP contribution in [-0.2, 0) is 11.3 Å². The molecule has 17 heavy (non-hydrogen) atoms. The first kappa shape index (κ1) is 12.5. The zero-order chi connectivity index (χ0) is 12.4. The van der Waals surface area contributed by atoms with Crippen LogP contribution in [0.15, 0.2) is 6.20 Å². The van der Waals surface area contributed by atoms with Gasteiger partial charge in [-0.3, -0.25) is 9.69 Å². The third-order valence-corrected chi connectivity index (χ3v) is 4.01. The van der Waals surface area contributed by atoms with Crippen molar-refractivity contribution in [1.29, 1.82) is 0 Å². The van der Waals surface area contributed by atoms with Gasteiger partial charge in [0.15, 0.2) is 5.13 Å². The van der Waals surface area contributed by atoms with Gasteiger partial charge in [0.1, 0.15) is 0 Å². The average molecular weight is 253 g/mol. The van der Waals surface area contributed by atoms with Crippen molar-refractivity contribution < 1.29 is 4.79 Å². The van der Waals surface area contributed by atoms with Gasteiger partial charge in [-0.25, -0.2) is 4.98 Å². The molecule has 2 rings (SSSR count). The van der Waals surface area contributed by atoms with E-state index in [-0.39, 0.29) is 5.91 Å². The number of hydrogen-bond acceptors (Lipinski definition) is 4. The maximum Gasteiger partial charge on any atom is 0.223 e. The minimum absolute atomic E-state index is 0.0611. The Kier molecular flexibility index (Phi) is 3.79. The summed E-state index contributed by atoms with van der Waals surface area (Å²) in [5.74, 6) is 0.724. The molecule has 0 aromatic carbocycles. The van der Waals surface area contributed by atoms with Gasteiger partial charge in [0.05, 0.1) is 0 Å². The summed E-state index contributed by atoms with van der Waals surface area (Å²) in [6.07, 6.45) is 3.14. The van der Waals surface area contributed by atoms with Gasteiger partial charge in [0, 0.05) is 37.1 Å². The second-order valence-corrected chi connectivity index (χ2v) is 6.05. The Morgan fingerprint density at radius 3 is 3.00 bits per heavy atom. The Balaban J connectivity index is 1.95. The number of hydrogen-bond donors (Lipinski definition) is 1. The van der Waals surface area contributed by atoms with Crippen LogP contribution in [0.3, 0.4) is 0 Å². The van der Waals surface area contributed by atoms with E-state index >= 15 is 0 Å². The fraction of sp³-hybridized carbons (Fsp3) is 0.667. The lowest BCUT2D eigenvalue weighted by Gasteiger charge is -2.19. The molecule has 1 N–H and O–H groups in total. The molecular weight excluding hydrogens is 234 g/mol. The van der Waals surface area contributed by atoms with E-state index in [1.165, 1.54) is 18.2 Å². The zero-order valence-corrected chi connectivity index (χ0v) is 11.4.